The number of amides is 1. The lowest BCUT2D eigenvalue weighted by molar-refractivity contribution is -0.181. The van der Waals surface area contributed by atoms with Crippen LogP contribution < -0.4 is 4.90 Å². The number of ether oxygens (including phenoxy) is 2. The summed E-state index contributed by atoms with van der Waals surface area (Å²) in [5.74, 6) is 0.438. The second-order valence-corrected chi connectivity index (χ2v) is 7.69. The molecular weight excluding hydrogens is 354 g/mol. The summed E-state index contributed by atoms with van der Waals surface area (Å²) in [5, 5.41) is 0. The second-order valence-electron chi connectivity index (χ2n) is 7.69. The molecule has 6 heteroatoms. The van der Waals surface area contributed by atoms with E-state index in [4.69, 9.17) is 9.47 Å². The van der Waals surface area contributed by atoms with Crippen LogP contribution in [0.25, 0.3) is 0 Å². The number of nitrogens with zero attached hydrogens (tertiary/aromatic N) is 3. The summed E-state index contributed by atoms with van der Waals surface area (Å²) >= 11 is 0. The molecule has 1 amide bonds. The quantitative estimate of drug-likeness (QED) is 0.802. The molecule has 0 unspecified atom stereocenters. The Morgan fingerprint density at radius 1 is 1.04 bits per heavy atom. The molecule has 3 aliphatic heterocycles. The fraction of sp³-hybridized carbons (Fsp3) is 0.455. The minimum absolute atomic E-state index is 0.0572. The van der Waals surface area contributed by atoms with Crippen LogP contribution in [-0.2, 0) is 15.9 Å². The molecule has 6 nitrogen and oxygen atoms in total. The third kappa shape index (κ3) is 3.16. The molecule has 2 aromatic rings. The average Bonchev–Trinajstić information content (AvgIpc) is 3.21. The Morgan fingerprint density at radius 3 is 2.64 bits per heavy atom. The van der Waals surface area contributed by atoms with E-state index in [0.29, 0.717) is 31.9 Å². The molecule has 0 atom stereocenters. The third-order valence-corrected chi connectivity index (χ3v) is 6.01. The van der Waals surface area contributed by atoms with Gasteiger partial charge in [0, 0.05) is 49.9 Å². The van der Waals surface area contributed by atoms with Gasteiger partial charge in [0.05, 0.1) is 13.2 Å². The number of aromatic nitrogens is 1. The van der Waals surface area contributed by atoms with Gasteiger partial charge in [-0.05, 0) is 36.6 Å². The highest BCUT2D eigenvalue weighted by atomic mass is 16.7. The molecule has 0 bridgehead atoms. The van der Waals surface area contributed by atoms with Crippen molar-refractivity contribution in [1.82, 2.24) is 9.88 Å². The first-order valence-corrected chi connectivity index (χ1v) is 10.1. The second kappa shape index (κ2) is 7.18. The van der Waals surface area contributed by atoms with E-state index < -0.39 is 5.79 Å². The molecule has 146 valence electrons. The maximum atomic E-state index is 13.1. The molecule has 1 aromatic carbocycles. The summed E-state index contributed by atoms with van der Waals surface area (Å²) in [4.78, 5) is 21.8. The normalized spacial score (nSPS) is 21.0. The zero-order chi connectivity index (χ0) is 19.0. The predicted molar refractivity (Wildman–Crippen MR) is 106 cm³/mol. The first-order chi connectivity index (χ1) is 13.7. The van der Waals surface area contributed by atoms with E-state index in [1.54, 1.807) is 6.20 Å². The van der Waals surface area contributed by atoms with Gasteiger partial charge in [-0.15, -0.1) is 0 Å². The van der Waals surface area contributed by atoms with Crippen LogP contribution in [0, 0.1) is 0 Å². The number of hydrogen-bond acceptors (Lipinski definition) is 5. The number of hydrogen-bond donors (Lipinski definition) is 0. The van der Waals surface area contributed by atoms with Crippen molar-refractivity contribution < 1.29 is 14.3 Å². The van der Waals surface area contributed by atoms with E-state index in [9.17, 15) is 4.79 Å². The summed E-state index contributed by atoms with van der Waals surface area (Å²) in [6.07, 6.45) is 5.39. The monoisotopic (exact) mass is 379 g/mol. The van der Waals surface area contributed by atoms with Crippen molar-refractivity contribution in [1.29, 1.82) is 0 Å². The van der Waals surface area contributed by atoms with Crippen LogP contribution in [0.15, 0.2) is 42.6 Å². The Hall–Kier alpha value is -2.44. The Morgan fingerprint density at radius 2 is 1.82 bits per heavy atom. The molecule has 2 fully saturated rings. The van der Waals surface area contributed by atoms with Gasteiger partial charge in [-0.1, -0.05) is 18.2 Å². The highest BCUT2D eigenvalue weighted by Crippen LogP contribution is 2.34. The number of para-hydroxylation sites is 1. The van der Waals surface area contributed by atoms with Crippen LogP contribution in [0.3, 0.4) is 0 Å². The Kier molecular flexibility index (Phi) is 4.53. The fourth-order valence-electron chi connectivity index (χ4n) is 4.49. The number of fused-ring (bicyclic) bond motifs is 1. The first-order valence-electron chi connectivity index (χ1n) is 10.1. The van der Waals surface area contributed by atoms with Crippen molar-refractivity contribution >= 4 is 17.4 Å². The highest BCUT2D eigenvalue weighted by molar-refractivity contribution is 5.95. The minimum Gasteiger partial charge on any atom is -0.347 e. The van der Waals surface area contributed by atoms with Gasteiger partial charge < -0.3 is 19.3 Å². The van der Waals surface area contributed by atoms with Crippen LogP contribution in [0.5, 0.6) is 0 Å². The topological polar surface area (TPSA) is 54.9 Å². The van der Waals surface area contributed by atoms with Crippen LogP contribution in [0.1, 0.15) is 35.2 Å². The van der Waals surface area contributed by atoms with E-state index in [0.717, 1.165) is 38.0 Å². The summed E-state index contributed by atoms with van der Waals surface area (Å²) < 4.78 is 11.5. The number of rotatable bonds is 2. The number of carbonyl (C=O) groups excluding carboxylic acids is 1. The number of pyridine rings is 1. The number of benzene rings is 1. The van der Waals surface area contributed by atoms with E-state index >= 15 is 0 Å². The van der Waals surface area contributed by atoms with Crippen molar-refractivity contribution in [3.63, 3.8) is 0 Å². The number of aryl methyl sites for hydroxylation is 1. The lowest BCUT2D eigenvalue weighted by Gasteiger charge is -2.37. The Bertz CT molecular complexity index is 869. The largest absolute Gasteiger partial charge is 0.347 e. The van der Waals surface area contributed by atoms with E-state index in [1.165, 1.54) is 11.3 Å². The van der Waals surface area contributed by atoms with Crippen molar-refractivity contribution in [2.24, 2.45) is 0 Å². The third-order valence-electron chi connectivity index (χ3n) is 6.01. The maximum Gasteiger partial charge on any atom is 0.254 e. The average molecular weight is 379 g/mol. The zero-order valence-corrected chi connectivity index (χ0v) is 16.0. The van der Waals surface area contributed by atoms with Gasteiger partial charge in [0.2, 0.25) is 0 Å². The summed E-state index contributed by atoms with van der Waals surface area (Å²) in [6, 6.07) is 12.2. The summed E-state index contributed by atoms with van der Waals surface area (Å²) in [6.45, 7) is 3.53. The highest BCUT2D eigenvalue weighted by Gasteiger charge is 2.40. The van der Waals surface area contributed by atoms with Crippen LogP contribution >= 0.6 is 0 Å². The van der Waals surface area contributed by atoms with E-state index in [2.05, 4.69) is 34.1 Å². The van der Waals surface area contributed by atoms with E-state index in [-0.39, 0.29) is 5.91 Å². The van der Waals surface area contributed by atoms with Crippen molar-refractivity contribution in [3.8, 4) is 0 Å². The van der Waals surface area contributed by atoms with Crippen LogP contribution in [-0.4, -0.2) is 54.4 Å². The first kappa shape index (κ1) is 17.6. The van der Waals surface area contributed by atoms with Crippen LogP contribution in [0.4, 0.5) is 11.5 Å². The zero-order valence-electron chi connectivity index (χ0n) is 16.0. The molecule has 0 radical (unpaired) electrons. The molecule has 0 saturated carbocycles. The number of likely N-dealkylation sites (tertiary alicyclic amines) is 1. The molecule has 1 aromatic heterocycles. The van der Waals surface area contributed by atoms with E-state index in [1.807, 2.05) is 17.0 Å². The standard InChI is InChI=1S/C22H25N3O3/c26-21(24-12-8-22(9-13-24)27-14-15-28-22)18-7-10-23-20(16-18)25-11-3-5-17-4-1-2-6-19(17)25/h1-2,4,6-7,10,16H,3,5,8-9,11-15H2. The van der Waals surface area contributed by atoms with Crippen molar-refractivity contribution in [2.45, 2.75) is 31.5 Å². The molecule has 0 N–H and O–H groups in total. The van der Waals surface area contributed by atoms with Gasteiger partial charge in [0.1, 0.15) is 5.82 Å². The van der Waals surface area contributed by atoms with Gasteiger partial charge in [-0.3, -0.25) is 4.79 Å². The minimum atomic E-state index is -0.461. The predicted octanol–water partition coefficient (Wildman–Crippen LogP) is 3.15. The maximum absolute atomic E-state index is 13.1. The van der Waals surface area contributed by atoms with Gasteiger partial charge in [0.25, 0.3) is 5.91 Å². The molecular formula is C22H25N3O3. The smallest absolute Gasteiger partial charge is 0.254 e. The molecule has 3 aliphatic rings. The molecule has 28 heavy (non-hydrogen) atoms. The molecule has 5 rings (SSSR count). The van der Waals surface area contributed by atoms with Gasteiger partial charge >= 0.3 is 0 Å². The number of piperidine rings is 1. The van der Waals surface area contributed by atoms with Crippen LogP contribution in [0.2, 0.25) is 0 Å². The SMILES string of the molecule is O=C(c1ccnc(N2CCCc3ccccc32)c1)N1CCC2(CC1)OCCO2. The molecule has 1 spiro atoms. The lowest BCUT2D eigenvalue weighted by Crippen LogP contribution is -2.47. The lowest BCUT2D eigenvalue weighted by atomic mass is 10.0. The Balaban J connectivity index is 1.34. The Labute approximate surface area is 165 Å². The van der Waals surface area contributed by atoms with Gasteiger partial charge in [0.15, 0.2) is 5.79 Å². The van der Waals surface area contributed by atoms with Crippen molar-refractivity contribution in [3.05, 3.63) is 53.7 Å². The number of carbonyl (C=O) groups is 1. The fourth-order valence-corrected chi connectivity index (χ4v) is 4.49. The summed E-state index contributed by atoms with van der Waals surface area (Å²) in [5.41, 5.74) is 3.23. The molecule has 2 saturated heterocycles. The van der Waals surface area contributed by atoms with Crippen molar-refractivity contribution in [2.75, 3.05) is 37.7 Å². The number of anilines is 2. The summed E-state index contributed by atoms with van der Waals surface area (Å²) in [7, 11) is 0. The molecule has 4 heterocycles. The molecule has 0 aliphatic carbocycles. The van der Waals surface area contributed by atoms with Gasteiger partial charge in [-0.2, -0.15) is 0 Å². The van der Waals surface area contributed by atoms with Gasteiger partial charge in [-0.25, -0.2) is 4.98 Å².